The summed E-state index contributed by atoms with van der Waals surface area (Å²) in [7, 11) is 0. The fourth-order valence-electron chi connectivity index (χ4n) is 2.82. The Labute approximate surface area is 121 Å². The SMILES string of the molecule is O=C1C(=O)C2=C(C=C1c1ccc[nH]1)NC1C=CC=CC1N2. The molecule has 1 aromatic heterocycles. The van der Waals surface area contributed by atoms with Gasteiger partial charge in [0.25, 0.3) is 5.78 Å². The van der Waals surface area contributed by atoms with E-state index in [0.29, 0.717) is 22.7 Å². The highest BCUT2D eigenvalue weighted by atomic mass is 16.2. The molecule has 0 fully saturated rings. The van der Waals surface area contributed by atoms with Crippen LogP contribution in [0, 0.1) is 0 Å². The maximum atomic E-state index is 12.3. The summed E-state index contributed by atoms with van der Waals surface area (Å²) >= 11 is 0. The molecule has 0 aromatic carbocycles. The van der Waals surface area contributed by atoms with Gasteiger partial charge in [0, 0.05) is 11.9 Å². The number of Topliss-reactive ketones (excluding diaryl/α,β-unsaturated/α-hetero) is 2. The van der Waals surface area contributed by atoms with Crippen LogP contribution in [0.4, 0.5) is 0 Å². The van der Waals surface area contributed by atoms with Crippen LogP contribution in [0.1, 0.15) is 5.69 Å². The lowest BCUT2D eigenvalue weighted by Gasteiger charge is -2.36. The maximum Gasteiger partial charge on any atom is 0.251 e. The summed E-state index contributed by atoms with van der Waals surface area (Å²) < 4.78 is 0. The van der Waals surface area contributed by atoms with Gasteiger partial charge in [-0.15, -0.1) is 0 Å². The summed E-state index contributed by atoms with van der Waals surface area (Å²) in [5.41, 5.74) is 2.08. The molecule has 2 unspecified atom stereocenters. The number of carbonyl (C=O) groups is 2. The third-order valence-electron chi connectivity index (χ3n) is 3.89. The zero-order valence-corrected chi connectivity index (χ0v) is 11.1. The van der Waals surface area contributed by atoms with Crippen molar-refractivity contribution >= 4 is 17.1 Å². The van der Waals surface area contributed by atoms with Gasteiger partial charge in [-0.25, -0.2) is 0 Å². The molecule has 3 N–H and O–H groups in total. The van der Waals surface area contributed by atoms with Crippen LogP contribution in [0.15, 0.2) is 60.1 Å². The maximum absolute atomic E-state index is 12.3. The normalized spacial score (nSPS) is 26.8. The largest absolute Gasteiger partial charge is 0.375 e. The van der Waals surface area contributed by atoms with E-state index in [4.69, 9.17) is 0 Å². The number of hydrogen-bond donors (Lipinski definition) is 3. The predicted molar refractivity (Wildman–Crippen MR) is 77.9 cm³/mol. The van der Waals surface area contributed by atoms with Gasteiger partial charge in [0.05, 0.1) is 23.4 Å². The Bertz CT molecular complexity index is 750. The minimum Gasteiger partial charge on any atom is -0.375 e. The van der Waals surface area contributed by atoms with Gasteiger partial charge in [-0.1, -0.05) is 24.3 Å². The average molecular weight is 279 g/mol. The number of aromatic amines is 1. The van der Waals surface area contributed by atoms with Gasteiger partial charge in [-0.2, -0.15) is 0 Å². The number of aromatic nitrogens is 1. The molecule has 0 saturated heterocycles. The number of allylic oxidation sites excluding steroid dienone is 5. The molecule has 1 aliphatic heterocycles. The van der Waals surface area contributed by atoms with E-state index in [0.717, 1.165) is 0 Å². The first-order valence-electron chi connectivity index (χ1n) is 6.81. The highest BCUT2D eigenvalue weighted by Crippen LogP contribution is 2.27. The van der Waals surface area contributed by atoms with Crippen LogP contribution in [0.3, 0.4) is 0 Å². The topological polar surface area (TPSA) is 74.0 Å². The van der Waals surface area contributed by atoms with Crippen LogP contribution < -0.4 is 10.6 Å². The van der Waals surface area contributed by atoms with E-state index in [1.165, 1.54) is 0 Å². The first-order valence-corrected chi connectivity index (χ1v) is 6.81. The third-order valence-corrected chi connectivity index (χ3v) is 3.89. The minimum atomic E-state index is -0.494. The third kappa shape index (κ3) is 1.78. The van der Waals surface area contributed by atoms with E-state index in [1.54, 1.807) is 24.4 Å². The fourth-order valence-corrected chi connectivity index (χ4v) is 2.82. The van der Waals surface area contributed by atoms with Gasteiger partial charge in [0.2, 0.25) is 5.78 Å². The van der Waals surface area contributed by atoms with Crippen LogP contribution >= 0.6 is 0 Å². The number of nitrogens with one attached hydrogen (secondary N) is 3. The van der Waals surface area contributed by atoms with Crippen molar-refractivity contribution in [2.75, 3.05) is 0 Å². The lowest BCUT2D eigenvalue weighted by molar-refractivity contribution is -0.131. The summed E-state index contributed by atoms with van der Waals surface area (Å²) in [6, 6.07) is 3.65. The predicted octanol–water partition coefficient (Wildman–Crippen LogP) is 0.817. The molecule has 5 heteroatoms. The number of H-pyrrole nitrogens is 1. The molecule has 0 spiro atoms. The molecule has 4 rings (SSSR count). The molecule has 0 radical (unpaired) electrons. The fraction of sp³-hybridized carbons (Fsp3) is 0.125. The van der Waals surface area contributed by atoms with Gasteiger partial charge in [-0.3, -0.25) is 9.59 Å². The van der Waals surface area contributed by atoms with E-state index < -0.39 is 11.6 Å². The van der Waals surface area contributed by atoms with Gasteiger partial charge < -0.3 is 15.6 Å². The lowest BCUT2D eigenvalue weighted by atomic mass is 9.90. The second-order valence-electron chi connectivity index (χ2n) is 5.20. The van der Waals surface area contributed by atoms with E-state index >= 15 is 0 Å². The van der Waals surface area contributed by atoms with Gasteiger partial charge in [0.15, 0.2) is 0 Å². The molecule has 21 heavy (non-hydrogen) atoms. The Morgan fingerprint density at radius 2 is 1.71 bits per heavy atom. The second-order valence-corrected chi connectivity index (χ2v) is 5.20. The van der Waals surface area contributed by atoms with Crippen molar-refractivity contribution in [1.29, 1.82) is 0 Å². The van der Waals surface area contributed by atoms with Crippen LogP contribution in [0.25, 0.3) is 5.57 Å². The molecule has 0 amide bonds. The van der Waals surface area contributed by atoms with E-state index in [-0.39, 0.29) is 12.1 Å². The number of carbonyl (C=O) groups excluding carboxylic acids is 2. The first-order chi connectivity index (χ1) is 10.2. The molecule has 1 aromatic rings. The number of ketones is 2. The van der Waals surface area contributed by atoms with Crippen molar-refractivity contribution in [2.24, 2.45) is 0 Å². The van der Waals surface area contributed by atoms with Crippen LogP contribution in [0.5, 0.6) is 0 Å². The zero-order valence-electron chi connectivity index (χ0n) is 11.1. The first kappa shape index (κ1) is 12.0. The Morgan fingerprint density at radius 1 is 0.952 bits per heavy atom. The quantitative estimate of drug-likeness (QED) is 0.525. The van der Waals surface area contributed by atoms with Crippen LogP contribution in [-0.2, 0) is 9.59 Å². The van der Waals surface area contributed by atoms with Crippen molar-refractivity contribution < 1.29 is 9.59 Å². The van der Waals surface area contributed by atoms with Crippen molar-refractivity contribution in [3.05, 3.63) is 65.8 Å². The lowest BCUT2D eigenvalue weighted by Crippen LogP contribution is -2.54. The molecule has 3 aliphatic rings. The molecule has 2 heterocycles. The number of hydrogen-bond acceptors (Lipinski definition) is 4. The summed E-state index contributed by atoms with van der Waals surface area (Å²) in [5, 5.41) is 6.47. The molecule has 0 saturated carbocycles. The van der Waals surface area contributed by atoms with Crippen molar-refractivity contribution in [3.63, 3.8) is 0 Å². The van der Waals surface area contributed by atoms with E-state index in [1.807, 2.05) is 24.3 Å². The van der Waals surface area contributed by atoms with Crippen molar-refractivity contribution in [2.45, 2.75) is 12.1 Å². The molecular weight excluding hydrogens is 266 g/mol. The average Bonchev–Trinajstić information content (AvgIpc) is 3.03. The summed E-state index contributed by atoms with van der Waals surface area (Å²) in [6.45, 7) is 0. The smallest absolute Gasteiger partial charge is 0.251 e. The second kappa shape index (κ2) is 4.34. The van der Waals surface area contributed by atoms with Crippen LogP contribution in [-0.4, -0.2) is 28.6 Å². The minimum absolute atomic E-state index is 0.00839. The van der Waals surface area contributed by atoms with Gasteiger partial charge >= 0.3 is 0 Å². The number of rotatable bonds is 1. The van der Waals surface area contributed by atoms with Gasteiger partial charge in [-0.05, 0) is 18.2 Å². The molecule has 5 nitrogen and oxygen atoms in total. The number of fused-ring (bicyclic) bond motifs is 1. The molecule has 104 valence electrons. The Morgan fingerprint density at radius 3 is 2.43 bits per heavy atom. The van der Waals surface area contributed by atoms with Crippen molar-refractivity contribution in [3.8, 4) is 0 Å². The summed E-state index contributed by atoms with van der Waals surface area (Å²) in [5.74, 6) is -0.981. The Kier molecular flexibility index (Phi) is 2.47. The van der Waals surface area contributed by atoms with Gasteiger partial charge in [0.1, 0.15) is 5.70 Å². The Balaban J connectivity index is 1.79. The highest BCUT2D eigenvalue weighted by molar-refractivity contribution is 6.59. The standard InChI is InChI=1S/C16H13N3O2/c20-15-9(10-6-3-7-17-10)8-13-14(16(15)21)19-12-5-2-1-4-11(12)18-13/h1-8,11-12,17-19H. The molecule has 2 atom stereocenters. The zero-order chi connectivity index (χ0) is 14.4. The Hall–Kier alpha value is -2.82. The van der Waals surface area contributed by atoms with Crippen LogP contribution in [0.2, 0.25) is 0 Å². The van der Waals surface area contributed by atoms with E-state index in [9.17, 15) is 9.59 Å². The van der Waals surface area contributed by atoms with Crippen molar-refractivity contribution in [1.82, 2.24) is 15.6 Å². The summed E-state index contributed by atoms with van der Waals surface area (Å²) in [6.07, 6.45) is 11.4. The molecule has 2 aliphatic carbocycles. The monoisotopic (exact) mass is 279 g/mol. The molecular formula is C16H13N3O2. The molecule has 0 bridgehead atoms. The summed E-state index contributed by atoms with van der Waals surface area (Å²) in [4.78, 5) is 27.6. The highest BCUT2D eigenvalue weighted by Gasteiger charge is 2.36. The van der Waals surface area contributed by atoms with E-state index in [2.05, 4.69) is 15.6 Å².